The summed E-state index contributed by atoms with van der Waals surface area (Å²) in [6.07, 6.45) is 2.90. The maximum absolute atomic E-state index is 14.1. The fourth-order valence-corrected chi connectivity index (χ4v) is 5.82. The van der Waals surface area contributed by atoms with Crippen molar-refractivity contribution in [3.8, 4) is 0 Å². The largest absolute Gasteiger partial charge is 0.341 e. The number of hydrogen-bond donors (Lipinski definition) is 3. The van der Waals surface area contributed by atoms with Crippen LogP contribution in [0.5, 0.6) is 0 Å². The third-order valence-corrected chi connectivity index (χ3v) is 8.27. The maximum Gasteiger partial charge on any atom is 0.247 e. The van der Waals surface area contributed by atoms with Crippen molar-refractivity contribution >= 4 is 28.8 Å². The number of carbonyl (C=O) groups is 3. The van der Waals surface area contributed by atoms with Gasteiger partial charge in [0.2, 0.25) is 17.7 Å². The molecular weight excluding hydrogens is 511 g/mol. The van der Waals surface area contributed by atoms with Gasteiger partial charge in [-0.25, -0.2) is 9.37 Å². The normalized spacial score (nSPS) is 22.1. The molecule has 0 aliphatic carbocycles. The second-order valence-electron chi connectivity index (χ2n) is 10.9. The molecule has 3 aromatic rings. The molecule has 2 saturated heterocycles. The number of rotatable bonds is 7. The lowest BCUT2D eigenvalue weighted by molar-refractivity contribution is -0.144. The number of imidazole rings is 1. The van der Waals surface area contributed by atoms with Gasteiger partial charge in [0.1, 0.15) is 17.7 Å². The Morgan fingerprint density at radius 2 is 1.93 bits per heavy atom. The molecule has 3 N–H and O–H groups in total. The third-order valence-electron chi connectivity index (χ3n) is 8.27. The molecule has 9 nitrogen and oxygen atoms in total. The molecule has 0 bridgehead atoms. The van der Waals surface area contributed by atoms with E-state index in [1.165, 1.54) is 12.1 Å². The lowest BCUT2D eigenvalue weighted by atomic mass is 10.0. The minimum Gasteiger partial charge on any atom is -0.341 e. The van der Waals surface area contributed by atoms with E-state index in [2.05, 4.69) is 15.6 Å². The number of para-hydroxylation sites is 1. The Hall–Kier alpha value is -3.79. The van der Waals surface area contributed by atoms with Crippen molar-refractivity contribution in [1.29, 1.82) is 0 Å². The molecule has 2 fully saturated rings. The molecule has 5 rings (SSSR count). The number of aromatic nitrogens is 2. The van der Waals surface area contributed by atoms with Gasteiger partial charge in [-0.15, -0.1) is 0 Å². The first-order chi connectivity index (χ1) is 19.2. The van der Waals surface area contributed by atoms with Crippen molar-refractivity contribution < 1.29 is 18.8 Å². The van der Waals surface area contributed by atoms with Crippen LogP contribution in [-0.4, -0.2) is 75.8 Å². The van der Waals surface area contributed by atoms with Crippen LogP contribution in [0.2, 0.25) is 0 Å². The molecule has 0 unspecified atom stereocenters. The zero-order valence-corrected chi connectivity index (χ0v) is 23.2. The number of hydrogen-bond acceptors (Lipinski definition) is 5. The number of halogens is 1. The molecule has 0 spiro atoms. The second kappa shape index (κ2) is 11.8. The highest BCUT2D eigenvalue weighted by atomic mass is 19.1. The van der Waals surface area contributed by atoms with Gasteiger partial charge in [0, 0.05) is 25.6 Å². The summed E-state index contributed by atoms with van der Waals surface area (Å²) in [5, 5.41) is 5.83. The number of nitrogens with zero attached hydrogens (tertiary/aromatic N) is 3. The van der Waals surface area contributed by atoms with E-state index in [4.69, 9.17) is 4.98 Å². The Bertz CT molecular complexity index is 1390. The Kier molecular flexibility index (Phi) is 8.16. The second-order valence-corrected chi connectivity index (χ2v) is 10.9. The Labute approximate surface area is 233 Å². The van der Waals surface area contributed by atoms with Gasteiger partial charge in [-0.05, 0) is 75.9 Å². The molecule has 2 aromatic carbocycles. The average molecular weight is 549 g/mol. The summed E-state index contributed by atoms with van der Waals surface area (Å²) < 4.78 is 13.3. The quantitative estimate of drug-likeness (QED) is 0.421. The maximum atomic E-state index is 14.1. The van der Waals surface area contributed by atoms with E-state index in [9.17, 15) is 18.8 Å². The van der Waals surface area contributed by atoms with Crippen LogP contribution in [0.4, 0.5) is 4.39 Å². The number of likely N-dealkylation sites (N-methyl/N-ethyl adjacent to an activating group) is 1. The summed E-state index contributed by atoms with van der Waals surface area (Å²) in [5.74, 6) is -0.150. The molecule has 40 heavy (non-hydrogen) atoms. The Morgan fingerprint density at radius 1 is 1.15 bits per heavy atom. The molecule has 212 valence electrons. The SMILES string of the molecule is CN[C@@H](C)C(=O)N[C@H]1CN(C(=O)CCc2ccc(F)cc2)CC[C@H]2CC[C@@H](c3nc4c(C)cccc4[nH]3)N2C1=O. The first-order valence-corrected chi connectivity index (χ1v) is 14.0. The number of amides is 3. The third kappa shape index (κ3) is 5.72. The molecule has 1 aromatic heterocycles. The van der Waals surface area contributed by atoms with Crippen LogP contribution in [0.1, 0.15) is 55.6 Å². The van der Waals surface area contributed by atoms with Crippen molar-refractivity contribution in [2.45, 2.75) is 70.1 Å². The molecular formula is C30H37FN6O3. The number of nitrogens with one attached hydrogen (secondary N) is 3. The average Bonchev–Trinajstić information content (AvgIpc) is 3.57. The Balaban J connectivity index is 1.38. The smallest absolute Gasteiger partial charge is 0.247 e. The van der Waals surface area contributed by atoms with E-state index in [1.807, 2.05) is 30.0 Å². The predicted octanol–water partition coefficient (Wildman–Crippen LogP) is 3.00. The van der Waals surface area contributed by atoms with Gasteiger partial charge in [0.05, 0.1) is 23.1 Å². The lowest BCUT2D eigenvalue weighted by Crippen LogP contribution is -2.60. The Morgan fingerprint density at radius 3 is 2.65 bits per heavy atom. The highest BCUT2D eigenvalue weighted by Crippen LogP contribution is 2.38. The van der Waals surface area contributed by atoms with Crippen molar-refractivity contribution in [3.05, 3.63) is 65.2 Å². The molecule has 2 aliphatic heterocycles. The minimum absolute atomic E-state index is 0.0689. The molecule has 4 atom stereocenters. The van der Waals surface area contributed by atoms with Crippen LogP contribution in [0.25, 0.3) is 11.0 Å². The number of benzene rings is 2. The van der Waals surface area contributed by atoms with E-state index < -0.39 is 12.1 Å². The minimum atomic E-state index is -0.882. The number of aryl methyl sites for hydroxylation is 2. The van der Waals surface area contributed by atoms with Crippen LogP contribution >= 0.6 is 0 Å². The van der Waals surface area contributed by atoms with Crippen LogP contribution in [-0.2, 0) is 20.8 Å². The topological polar surface area (TPSA) is 110 Å². The van der Waals surface area contributed by atoms with Crippen molar-refractivity contribution in [3.63, 3.8) is 0 Å². The molecule has 2 aliphatic rings. The van der Waals surface area contributed by atoms with Gasteiger partial charge in [-0.3, -0.25) is 14.4 Å². The molecule has 3 amide bonds. The fraction of sp³-hybridized carbons (Fsp3) is 0.467. The van der Waals surface area contributed by atoms with Gasteiger partial charge < -0.3 is 25.4 Å². The summed E-state index contributed by atoms with van der Waals surface area (Å²) in [5.41, 5.74) is 3.76. The van der Waals surface area contributed by atoms with Gasteiger partial charge in [0.15, 0.2) is 0 Å². The van der Waals surface area contributed by atoms with Crippen LogP contribution < -0.4 is 10.6 Å². The van der Waals surface area contributed by atoms with Crippen LogP contribution in [0.15, 0.2) is 42.5 Å². The number of carbonyl (C=O) groups excluding carboxylic acids is 3. The summed E-state index contributed by atoms with van der Waals surface area (Å²) in [7, 11) is 1.69. The summed E-state index contributed by atoms with van der Waals surface area (Å²) in [6.45, 7) is 4.32. The molecule has 0 saturated carbocycles. The standard InChI is InChI=1S/C30H37FN6O3/c1-18-5-4-6-23-27(18)35-28(33-23)25-13-12-22-15-16-36(26(38)14-9-20-7-10-21(31)11-8-20)17-24(30(40)37(22)25)34-29(39)19(2)32-3/h4-8,10-11,19,22,24-25,32H,9,12-17H2,1-3H3,(H,33,35)(H,34,39)/t19-,22+,24-,25-/m0/s1. The van der Waals surface area contributed by atoms with E-state index in [-0.39, 0.29) is 48.6 Å². The van der Waals surface area contributed by atoms with Gasteiger partial charge >= 0.3 is 0 Å². The predicted molar refractivity (Wildman–Crippen MR) is 150 cm³/mol. The first kappa shape index (κ1) is 27.8. The van der Waals surface area contributed by atoms with Crippen LogP contribution in [0.3, 0.4) is 0 Å². The van der Waals surface area contributed by atoms with Crippen molar-refractivity contribution in [1.82, 2.24) is 30.4 Å². The van der Waals surface area contributed by atoms with Gasteiger partial charge in [-0.2, -0.15) is 0 Å². The van der Waals surface area contributed by atoms with Crippen molar-refractivity contribution in [2.24, 2.45) is 0 Å². The van der Waals surface area contributed by atoms with Crippen molar-refractivity contribution in [2.75, 3.05) is 20.1 Å². The number of H-pyrrole nitrogens is 1. The zero-order chi connectivity index (χ0) is 28.4. The van der Waals surface area contributed by atoms with Gasteiger partial charge in [-0.1, -0.05) is 24.3 Å². The highest BCUT2D eigenvalue weighted by molar-refractivity contribution is 5.91. The fourth-order valence-electron chi connectivity index (χ4n) is 5.82. The molecule has 10 heteroatoms. The number of aromatic amines is 1. The molecule has 0 radical (unpaired) electrons. The van der Waals surface area contributed by atoms with Gasteiger partial charge in [0.25, 0.3) is 0 Å². The summed E-state index contributed by atoms with van der Waals surface area (Å²) in [4.78, 5) is 52.3. The molecule has 3 heterocycles. The van der Waals surface area contributed by atoms with E-state index in [0.717, 1.165) is 40.8 Å². The summed E-state index contributed by atoms with van der Waals surface area (Å²) in [6, 6.07) is 10.4. The zero-order valence-electron chi connectivity index (χ0n) is 23.2. The monoisotopic (exact) mass is 548 g/mol. The van der Waals surface area contributed by atoms with E-state index in [1.54, 1.807) is 31.0 Å². The highest BCUT2D eigenvalue weighted by Gasteiger charge is 2.44. The van der Waals surface area contributed by atoms with E-state index >= 15 is 0 Å². The van der Waals surface area contributed by atoms with Crippen LogP contribution in [0, 0.1) is 12.7 Å². The van der Waals surface area contributed by atoms with E-state index in [0.29, 0.717) is 19.4 Å². The number of fused-ring (bicyclic) bond motifs is 2. The lowest BCUT2D eigenvalue weighted by Gasteiger charge is -2.39. The first-order valence-electron chi connectivity index (χ1n) is 14.0. The summed E-state index contributed by atoms with van der Waals surface area (Å²) >= 11 is 0.